The third-order valence-electron chi connectivity index (χ3n) is 8.27. The predicted molar refractivity (Wildman–Crippen MR) is 168 cm³/mol. The minimum Gasteiger partial charge on any atom is -0.461 e. The molecule has 46 heavy (non-hydrogen) atoms. The number of esters is 1. The molecule has 12 nitrogen and oxygen atoms in total. The summed E-state index contributed by atoms with van der Waals surface area (Å²) in [7, 11) is 3.14. The lowest BCUT2D eigenvalue weighted by molar-refractivity contribution is -0.125. The Balaban J connectivity index is 1.44. The smallest absolute Gasteiger partial charge is 0.358 e. The summed E-state index contributed by atoms with van der Waals surface area (Å²) in [6.45, 7) is 1.87. The largest absolute Gasteiger partial charge is 0.461 e. The van der Waals surface area contributed by atoms with Crippen molar-refractivity contribution in [2.24, 2.45) is 5.92 Å². The second kappa shape index (κ2) is 14.3. The van der Waals surface area contributed by atoms with Crippen molar-refractivity contribution in [3.05, 3.63) is 77.6 Å². The van der Waals surface area contributed by atoms with E-state index in [4.69, 9.17) is 4.74 Å². The van der Waals surface area contributed by atoms with E-state index in [1.54, 1.807) is 39.2 Å². The van der Waals surface area contributed by atoms with Gasteiger partial charge in [-0.3, -0.25) is 14.4 Å². The fraction of sp³-hybridized carbons (Fsp3) is 0.364. The molecule has 0 unspecified atom stereocenters. The zero-order valence-corrected chi connectivity index (χ0v) is 26.0. The molecule has 13 heteroatoms. The molecule has 1 aliphatic carbocycles. The number of anilines is 1. The normalized spacial score (nSPS) is 14.0. The number of hydrogen-bond acceptors (Lipinski definition) is 8. The number of carbonyl (C=O) groups excluding carboxylic acids is 4. The van der Waals surface area contributed by atoms with Gasteiger partial charge in [0.15, 0.2) is 11.5 Å². The zero-order valence-electron chi connectivity index (χ0n) is 26.0. The van der Waals surface area contributed by atoms with E-state index in [1.165, 1.54) is 52.8 Å². The molecule has 4 aromatic rings. The Labute approximate surface area is 265 Å². The lowest BCUT2D eigenvalue weighted by atomic mass is 9.84. The van der Waals surface area contributed by atoms with E-state index >= 15 is 0 Å². The molecule has 0 saturated heterocycles. The van der Waals surface area contributed by atoms with E-state index < -0.39 is 29.6 Å². The number of aromatic nitrogens is 4. The molecule has 5 rings (SSSR count). The second-order valence-electron chi connectivity index (χ2n) is 11.2. The maximum atomic E-state index is 14.7. The van der Waals surface area contributed by atoms with Gasteiger partial charge in [-0.25, -0.2) is 23.8 Å². The summed E-state index contributed by atoms with van der Waals surface area (Å²) >= 11 is 0. The monoisotopic (exact) mass is 629 g/mol. The van der Waals surface area contributed by atoms with Crippen LogP contribution in [-0.2, 0) is 9.53 Å². The van der Waals surface area contributed by atoms with Gasteiger partial charge < -0.3 is 20.3 Å². The first-order valence-corrected chi connectivity index (χ1v) is 15.3. The van der Waals surface area contributed by atoms with Crippen molar-refractivity contribution in [1.29, 1.82) is 0 Å². The molecule has 1 aliphatic rings. The van der Waals surface area contributed by atoms with Gasteiger partial charge in [-0.05, 0) is 43.5 Å². The van der Waals surface area contributed by atoms with Crippen molar-refractivity contribution >= 4 is 40.4 Å². The predicted octanol–water partition coefficient (Wildman–Crippen LogP) is 4.54. The van der Waals surface area contributed by atoms with Crippen LogP contribution in [0.4, 0.5) is 10.2 Å². The Bertz CT molecular complexity index is 1750. The number of amides is 3. The molecule has 2 heterocycles. The number of nitrogens with zero attached hydrogens (tertiary/aromatic N) is 5. The summed E-state index contributed by atoms with van der Waals surface area (Å²) in [5.41, 5.74) is 1.01. The van der Waals surface area contributed by atoms with E-state index in [2.05, 4.69) is 25.7 Å². The Morgan fingerprint density at radius 2 is 1.83 bits per heavy atom. The molecule has 0 radical (unpaired) electrons. The van der Waals surface area contributed by atoms with Crippen LogP contribution in [0.5, 0.6) is 0 Å². The highest BCUT2D eigenvalue weighted by Crippen LogP contribution is 2.30. The first kappa shape index (κ1) is 32.2. The highest BCUT2D eigenvalue weighted by Gasteiger charge is 2.32. The van der Waals surface area contributed by atoms with Crippen molar-refractivity contribution in [3.8, 4) is 5.69 Å². The summed E-state index contributed by atoms with van der Waals surface area (Å²) in [6, 6.07) is 8.02. The van der Waals surface area contributed by atoms with Gasteiger partial charge in [-0.1, -0.05) is 38.2 Å². The summed E-state index contributed by atoms with van der Waals surface area (Å²) in [6.07, 6.45) is 9.85. The topological polar surface area (TPSA) is 148 Å². The van der Waals surface area contributed by atoms with Crippen LogP contribution >= 0.6 is 0 Å². The molecule has 240 valence electrons. The summed E-state index contributed by atoms with van der Waals surface area (Å²) in [4.78, 5) is 61.6. The van der Waals surface area contributed by atoms with Gasteiger partial charge in [-0.15, -0.1) is 0 Å². The van der Waals surface area contributed by atoms with Crippen LogP contribution in [0.15, 0.2) is 55.0 Å². The van der Waals surface area contributed by atoms with Crippen LogP contribution in [0.3, 0.4) is 0 Å². The number of nitrogens with one attached hydrogen (secondary N) is 2. The molecular weight excluding hydrogens is 593 g/mol. The van der Waals surface area contributed by atoms with E-state index in [-0.39, 0.29) is 40.8 Å². The molecular formula is C33H36FN7O5. The minimum atomic E-state index is -0.697. The Morgan fingerprint density at radius 1 is 1.04 bits per heavy atom. The molecule has 1 atom stereocenters. The molecule has 2 N–H and O–H groups in total. The summed E-state index contributed by atoms with van der Waals surface area (Å²) in [5, 5.41) is 10.2. The lowest BCUT2D eigenvalue weighted by Gasteiger charge is -2.32. The van der Waals surface area contributed by atoms with Crippen LogP contribution in [0.1, 0.15) is 76.7 Å². The summed E-state index contributed by atoms with van der Waals surface area (Å²) in [5.74, 6) is -1.99. The second-order valence-corrected chi connectivity index (χ2v) is 11.2. The van der Waals surface area contributed by atoms with Crippen LogP contribution in [0, 0.1) is 11.7 Å². The fourth-order valence-corrected chi connectivity index (χ4v) is 5.87. The number of benzene rings is 2. The SMILES string of the molecule is CCOC(=O)c1cnc(NC(=O)c2cccc3c2cnn3-c2cc(F)ccc2C(=O)N(C)[C@H](CC2CCCCC2)C(=O)NC)cn1. The van der Waals surface area contributed by atoms with Gasteiger partial charge in [-0.2, -0.15) is 5.10 Å². The van der Waals surface area contributed by atoms with Crippen LogP contribution in [0.2, 0.25) is 0 Å². The van der Waals surface area contributed by atoms with Gasteiger partial charge in [0.2, 0.25) is 5.91 Å². The standard InChI is InChI=1S/C33H36FN7O5/c1-4-46-33(45)25-18-37-29(19-36-25)39-30(42)22-11-8-12-26-24(22)17-38-41(26)27-16-21(34)13-14-23(27)32(44)40(3)28(31(43)35-2)15-20-9-6-5-7-10-20/h8,11-14,16-20,28H,4-7,9-10,15H2,1-3H3,(H,35,43)(H,37,39,42)/t28-/m1/s1. The first-order valence-electron chi connectivity index (χ1n) is 15.3. The number of hydrogen-bond donors (Lipinski definition) is 2. The van der Waals surface area contributed by atoms with Crippen molar-refractivity contribution < 1.29 is 28.3 Å². The van der Waals surface area contributed by atoms with Gasteiger partial charge in [0.05, 0.1) is 47.5 Å². The number of halogens is 1. The quantitative estimate of drug-likeness (QED) is 0.243. The highest BCUT2D eigenvalue weighted by molar-refractivity contribution is 6.12. The van der Waals surface area contributed by atoms with E-state index in [0.717, 1.165) is 25.7 Å². The average molecular weight is 630 g/mol. The zero-order chi connectivity index (χ0) is 32.8. The van der Waals surface area contributed by atoms with Gasteiger partial charge in [0.25, 0.3) is 11.8 Å². The maximum absolute atomic E-state index is 14.7. The maximum Gasteiger partial charge on any atom is 0.358 e. The lowest BCUT2D eigenvalue weighted by Crippen LogP contribution is -2.48. The van der Waals surface area contributed by atoms with E-state index in [9.17, 15) is 23.6 Å². The molecule has 0 bridgehead atoms. The van der Waals surface area contributed by atoms with Crippen molar-refractivity contribution in [1.82, 2.24) is 30.0 Å². The van der Waals surface area contributed by atoms with Gasteiger partial charge in [0.1, 0.15) is 11.9 Å². The van der Waals surface area contributed by atoms with Gasteiger partial charge >= 0.3 is 5.97 Å². The Kier molecular flexibility index (Phi) is 9.99. The van der Waals surface area contributed by atoms with E-state index in [1.807, 2.05) is 0 Å². The average Bonchev–Trinajstić information content (AvgIpc) is 3.51. The number of carbonyl (C=O) groups is 4. The third kappa shape index (κ3) is 6.87. The van der Waals surface area contributed by atoms with Gasteiger partial charge in [0, 0.05) is 25.5 Å². The first-order chi connectivity index (χ1) is 22.2. The Hall–Kier alpha value is -5.20. The number of ether oxygens (including phenoxy) is 1. The van der Waals surface area contributed by atoms with Crippen LogP contribution in [0.25, 0.3) is 16.6 Å². The summed E-state index contributed by atoms with van der Waals surface area (Å²) < 4.78 is 21.0. The van der Waals surface area contributed by atoms with E-state index in [0.29, 0.717) is 23.2 Å². The molecule has 1 saturated carbocycles. The number of rotatable bonds is 10. The van der Waals surface area contributed by atoms with Crippen LogP contribution < -0.4 is 10.6 Å². The number of likely N-dealkylation sites (N-methyl/N-ethyl adjacent to an activating group) is 2. The minimum absolute atomic E-state index is 0.00458. The molecule has 1 fully saturated rings. The fourth-order valence-electron chi connectivity index (χ4n) is 5.87. The third-order valence-corrected chi connectivity index (χ3v) is 8.27. The number of fused-ring (bicyclic) bond motifs is 1. The molecule has 0 aliphatic heterocycles. The highest BCUT2D eigenvalue weighted by atomic mass is 19.1. The molecule has 2 aromatic carbocycles. The van der Waals surface area contributed by atoms with Crippen molar-refractivity contribution in [2.75, 3.05) is 26.0 Å². The molecule has 0 spiro atoms. The van der Waals surface area contributed by atoms with Crippen molar-refractivity contribution in [3.63, 3.8) is 0 Å². The van der Waals surface area contributed by atoms with Crippen molar-refractivity contribution in [2.45, 2.75) is 51.5 Å². The molecule has 2 aromatic heterocycles. The van der Waals surface area contributed by atoms with Crippen LogP contribution in [-0.4, -0.2) is 75.1 Å². The molecule has 3 amide bonds. The Morgan fingerprint density at radius 3 is 2.52 bits per heavy atom.